The lowest BCUT2D eigenvalue weighted by molar-refractivity contribution is 0.415. The van der Waals surface area contributed by atoms with E-state index in [-0.39, 0.29) is 0 Å². The molecular weight excluding hydrogens is 276 g/mol. The number of benzene rings is 1. The fourth-order valence-corrected chi connectivity index (χ4v) is 4.32. The van der Waals surface area contributed by atoms with E-state index in [1.165, 1.54) is 24.0 Å². The first-order valence-electron chi connectivity index (χ1n) is 6.52. The smallest absolute Gasteiger partial charge is 0.184 e. The summed E-state index contributed by atoms with van der Waals surface area (Å²) in [6.07, 6.45) is 6.03. The van der Waals surface area contributed by atoms with E-state index in [0.717, 1.165) is 21.6 Å². The van der Waals surface area contributed by atoms with Crippen molar-refractivity contribution in [1.29, 1.82) is 0 Å². The third kappa shape index (κ3) is 2.82. The van der Waals surface area contributed by atoms with Crippen molar-refractivity contribution in [3.8, 4) is 5.75 Å². The van der Waals surface area contributed by atoms with Gasteiger partial charge in [-0.3, -0.25) is 0 Å². The second kappa shape index (κ2) is 5.59. The fourth-order valence-electron chi connectivity index (χ4n) is 2.55. The number of rotatable bonds is 4. The Morgan fingerprint density at radius 2 is 2.32 bits per heavy atom. The molecule has 5 heteroatoms. The van der Waals surface area contributed by atoms with E-state index >= 15 is 0 Å². The molecule has 3 nitrogen and oxygen atoms in total. The SMILES string of the molecule is COc1ccc2nc(NC3CCC(SC)C3)sc2c1. The number of hydrogen-bond donors (Lipinski definition) is 1. The summed E-state index contributed by atoms with van der Waals surface area (Å²) >= 11 is 3.70. The maximum absolute atomic E-state index is 5.25. The van der Waals surface area contributed by atoms with Crippen molar-refractivity contribution in [3.05, 3.63) is 18.2 Å². The molecule has 1 aromatic carbocycles. The van der Waals surface area contributed by atoms with Gasteiger partial charge < -0.3 is 10.1 Å². The first-order chi connectivity index (χ1) is 9.28. The van der Waals surface area contributed by atoms with Gasteiger partial charge in [-0.25, -0.2) is 4.98 Å². The molecule has 102 valence electrons. The highest BCUT2D eigenvalue weighted by Crippen LogP contribution is 2.33. The lowest BCUT2D eigenvalue weighted by Gasteiger charge is -2.10. The maximum Gasteiger partial charge on any atom is 0.184 e. The molecule has 1 aromatic heterocycles. The average molecular weight is 294 g/mol. The molecule has 1 saturated carbocycles. The summed E-state index contributed by atoms with van der Waals surface area (Å²) in [5.41, 5.74) is 1.05. The Hall–Kier alpha value is -0.940. The highest BCUT2D eigenvalue weighted by molar-refractivity contribution is 7.99. The zero-order chi connectivity index (χ0) is 13.2. The normalized spacial score (nSPS) is 22.8. The summed E-state index contributed by atoms with van der Waals surface area (Å²) < 4.78 is 6.43. The van der Waals surface area contributed by atoms with Gasteiger partial charge in [0.1, 0.15) is 5.75 Å². The average Bonchev–Trinajstić information content (AvgIpc) is 3.03. The van der Waals surface area contributed by atoms with Crippen LogP contribution in [0.4, 0.5) is 5.13 Å². The molecule has 1 heterocycles. The molecule has 2 atom stereocenters. The Morgan fingerprint density at radius 3 is 3.05 bits per heavy atom. The standard InChI is InChI=1S/C14H18N2OS2/c1-17-10-4-6-12-13(8-10)19-14(16-12)15-9-3-5-11(7-9)18-2/h4,6,8-9,11H,3,5,7H2,1-2H3,(H,15,16). The zero-order valence-electron chi connectivity index (χ0n) is 11.2. The Kier molecular flexibility index (Phi) is 3.84. The van der Waals surface area contributed by atoms with Crippen molar-refractivity contribution >= 4 is 38.4 Å². The lowest BCUT2D eigenvalue weighted by atomic mass is 10.3. The largest absolute Gasteiger partial charge is 0.497 e. The molecule has 0 aliphatic heterocycles. The van der Waals surface area contributed by atoms with Crippen LogP contribution in [0.5, 0.6) is 5.75 Å². The van der Waals surface area contributed by atoms with E-state index < -0.39 is 0 Å². The number of thioether (sulfide) groups is 1. The molecule has 1 N–H and O–H groups in total. The maximum atomic E-state index is 5.25. The number of methoxy groups -OCH3 is 1. The number of hydrogen-bond acceptors (Lipinski definition) is 5. The van der Waals surface area contributed by atoms with Gasteiger partial charge in [-0.2, -0.15) is 11.8 Å². The lowest BCUT2D eigenvalue weighted by Crippen LogP contribution is -2.15. The Balaban J connectivity index is 1.75. The molecule has 2 aromatic rings. The first kappa shape index (κ1) is 13.1. The molecule has 0 amide bonds. The van der Waals surface area contributed by atoms with Crippen molar-refractivity contribution in [2.45, 2.75) is 30.6 Å². The van der Waals surface area contributed by atoms with Crippen molar-refractivity contribution < 1.29 is 4.74 Å². The first-order valence-corrected chi connectivity index (χ1v) is 8.63. The summed E-state index contributed by atoms with van der Waals surface area (Å²) in [4.78, 5) is 4.65. The van der Waals surface area contributed by atoms with Crippen LogP contribution in [0, 0.1) is 0 Å². The van der Waals surface area contributed by atoms with Crippen molar-refractivity contribution in [1.82, 2.24) is 4.98 Å². The van der Waals surface area contributed by atoms with Crippen LogP contribution in [0.2, 0.25) is 0 Å². The van der Waals surface area contributed by atoms with E-state index in [1.54, 1.807) is 18.4 Å². The number of aromatic nitrogens is 1. The van der Waals surface area contributed by atoms with E-state index in [2.05, 4.69) is 22.6 Å². The fraction of sp³-hybridized carbons (Fsp3) is 0.500. The van der Waals surface area contributed by atoms with Crippen LogP contribution in [-0.2, 0) is 0 Å². The highest BCUT2D eigenvalue weighted by Gasteiger charge is 2.24. The van der Waals surface area contributed by atoms with E-state index in [9.17, 15) is 0 Å². The van der Waals surface area contributed by atoms with Crippen molar-refractivity contribution in [3.63, 3.8) is 0 Å². The number of thiazole rings is 1. The van der Waals surface area contributed by atoms with E-state index in [1.807, 2.05) is 23.9 Å². The van der Waals surface area contributed by atoms with Gasteiger partial charge in [-0.05, 0) is 43.7 Å². The summed E-state index contributed by atoms with van der Waals surface area (Å²) in [5.74, 6) is 0.894. The molecule has 2 unspecified atom stereocenters. The number of fused-ring (bicyclic) bond motifs is 1. The van der Waals surface area contributed by atoms with Crippen LogP contribution in [0.3, 0.4) is 0 Å². The molecule has 3 rings (SSSR count). The van der Waals surface area contributed by atoms with Gasteiger partial charge in [0.15, 0.2) is 5.13 Å². The van der Waals surface area contributed by atoms with E-state index in [4.69, 9.17) is 4.74 Å². The summed E-state index contributed by atoms with van der Waals surface area (Å²) in [6.45, 7) is 0. The minimum absolute atomic E-state index is 0.583. The third-order valence-corrected chi connectivity index (χ3v) is 5.69. The van der Waals surface area contributed by atoms with Gasteiger partial charge in [-0.1, -0.05) is 11.3 Å². The third-order valence-electron chi connectivity index (χ3n) is 3.64. The van der Waals surface area contributed by atoms with Gasteiger partial charge >= 0.3 is 0 Å². The predicted octanol–water partition coefficient (Wildman–Crippen LogP) is 4.00. The molecule has 1 fully saturated rings. The van der Waals surface area contributed by atoms with Gasteiger partial charge in [-0.15, -0.1) is 0 Å². The van der Waals surface area contributed by atoms with Crippen LogP contribution in [-0.4, -0.2) is 29.6 Å². The van der Waals surface area contributed by atoms with Crippen molar-refractivity contribution in [2.75, 3.05) is 18.7 Å². The number of nitrogens with one attached hydrogen (secondary N) is 1. The predicted molar refractivity (Wildman–Crippen MR) is 84.7 cm³/mol. The Bertz CT molecular complexity index is 570. The molecule has 1 aliphatic carbocycles. The summed E-state index contributed by atoms with van der Waals surface area (Å²) in [6, 6.07) is 6.62. The van der Waals surface area contributed by atoms with E-state index in [0.29, 0.717) is 6.04 Å². The van der Waals surface area contributed by atoms with Crippen LogP contribution in [0.1, 0.15) is 19.3 Å². The molecule has 0 bridgehead atoms. The molecule has 1 aliphatic rings. The zero-order valence-corrected chi connectivity index (χ0v) is 12.8. The van der Waals surface area contributed by atoms with Crippen LogP contribution >= 0.6 is 23.1 Å². The topological polar surface area (TPSA) is 34.1 Å². The molecule has 0 spiro atoms. The van der Waals surface area contributed by atoms with Gasteiger partial charge in [0.2, 0.25) is 0 Å². The quantitative estimate of drug-likeness (QED) is 0.924. The molecular formula is C14H18N2OS2. The minimum Gasteiger partial charge on any atom is -0.497 e. The molecule has 19 heavy (non-hydrogen) atoms. The van der Waals surface area contributed by atoms with Gasteiger partial charge in [0.25, 0.3) is 0 Å². The second-order valence-electron chi connectivity index (χ2n) is 4.86. The van der Waals surface area contributed by atoms with Crippen LogP contribution in [0.25, 0.3) is 10.2 Å². The Labute approximate surface area is 121 Å². The van der Waals surface area contributed by atoms with Crippen molar-refractivity contribution in [2.24, 2.45) is 0 Å². The highest BCUT2D eigenvalue weighted by atomic mass is 32.2. The van der Waals surface area contributed by atoms with Gasteiger partial charge in [0, 0.05) is 11.3 Å². The Morgan fingerprint density at radius 1 is 1.42 bits per heavy atom. The molecule has 0 radical (unpaired) electrons. The van der Waals surface area contributed by atoms with Crippen LogP contribution in [0.15, 0.2) is 18.2 Å². The number of ether oxygens (including phenoxy) is 1. The molecule has 0 saturated heterocycles. The summed E-state index contributed by atoms with van der Waals surface area (Å²) in [7, 11) is 1.70. The van der Waals surface area contributed by atoms with Gasteiger partial charge in [0.05, 0.1) is 17.3 Å². The summed E-state index contributed by atoms with van der Waals surface area (Å²) in [5, 5.41) is 5.43. The number of nitrogens with zero attached hydrogens (tertiary/aromatic N) is 1. The monoisotopic (exact) mass is 294 g/mol. The second-order valence-corrected chi connectivity index (χ2v) is 7.03. The number of anilines is 1. The minimum atomic E-state index is 0.583. The van der Waals surface area contributed by atoms with Crippen LogP contribution < -0.4 is 10.1 Å².